The molecule has 0 fully saturated rings. The van der Waals surface area contributed by atoms with E-state index in [0.29, 0.717) is 21.7 Å². The number of H-pyrrole nitrogens is 1. The Morgan fingerprint density at radius 2 is 2.03 bits per heavy atom. The molecule has 0 aliphatic carbocycles. The van der Waals surface area contributed by atoms with Crippen LogP contribution in [0.2, 0.25) is 0 Å². The summed E-state index contributed by atoms with van der Waals surface area (Å²) in [6, 6.07) is 18.2. The molecule has 3 heterocycles. The normalized spacial score (nSPS) is 12.1. The lowest BCUT2D eigenvalue weighted by atomic mass is 10.1. The van der Waals surface area contributed by atoms with E-state index in [1.807, 2.05) is 54.8 Å². The monoisotopic (exact) mass is 454 g/mol. The molecule has 8 nitrogen and oxygen atoms in total. The van der Waals surface area contributed by atoms with Gasteiger partial charge in [-0.05, 0) is 25.1 Å². The number of para-hydroxylation sites is 1. The Morgan fingerprint density at radius 1 is 1.15 bits per heavy atom. The first kappa shape index (κ1) is 20.5. The topological polar surface area (TPSA) is 101 Å². The number of nitrogens with zero attached hydrogens (tertiary/aromatic N) is 5. The number of non-ortho nitro benzene ring substituents is 1. The number of aryl methyl sites for hydroxylation is 1. The lowest BCUT2D eigenvalue weighted by molar-refractivity contribution is -0.384. The third-order valence-corrected chi connectivity index (χ3v) is 5.97. The standard InChI is InChI=1S/C24H18N6O2S/c1-16-21(20-9-2-3-10-22(20)27-16)14-26-29-23(17-6-4-8-19(12-17)30(31)32)15-33-24(29)28-18-7-5-11-25-13-18/h2-15,27H,1H3. The molecule has 162 valence electrons. The highest BCUT2D eigenvalue weighted by atomic mass is 32.1. The molecule has 5 aromatic rings. The molecule has 0 spiro atoms. The Labute approximate surface area is 192 Å². The molecule has 3 aromatic heterocycles. The van der Waals surface area contributed by atoms with Crippen LogP contribution >= 0.6 is 11.3 Å². The highest BCUT2D eigenvalue weighted by Crippen LogP contribution is 2.25. The second-order valence-electron chi connectivity index (χ2n) is 7.30. The lowest BCUT2D eigenvalue weighted by Gasteiger charge is -2.04. The van der Waals surface area contributed by atoms with Crippen LogP contribution in [0.5, 0.6) is 0 Å². The number of hydrogen-bond donors (Lipinski definition) is 1. The van der Waals surface area contributed by atoms with E-state index in [4.69, 9.17) is 10.1 Å². The van der Waals surface area contributed by atoms with Crippen molar-refractivity contribution in [1.82, 2.24) is 14.6 Å². The van der Waals surface area contributed by atoms with Crippen LogP contribution in [0.25, 0.3) is 22.2 Å². The number of benzene rings is 2. The largest absolute Gasteiger partial charge is 0.358 e. The number of nitrogens with one attached hydrogen (secondary N) is 1. The number of nitro benzene ring substituents is 1. The summed E-state index contributed by atoms with van der Waals surface area (Å²) in [6.07, 6.45) is 5.16. The number of hydrogen-bond acceptors (Lipinski definition) is 6. The number of fused-ring (bicyclic) bond motifs is 1. The molecule has 33 heavy (non-hydrogen) atoms. The summed E-state index contributed by atoms with van der Waals surface area (Å²) in [7, 11) is 0. The van der Waals surface area contributed by atoms with Gasteiger partial charge in [0, 0.05) is 51.4 Å². The van der Waals surface area contributed by atoms with Crippen LogP contribution in [0.1, 0.15) is 11.3 Å². The molecular weight excluding hydrogens is 436 g/mol. The maximum absolute atomic E-state index is 11.3. The van der Waals surface area contributed by atoms with Gasteiger partial charge in [0.2, 0.25) is 4.80 Å². The molecule has 0 unspecified atom stereocenters. The third kappa shape index (κ3) is 4.09. The van der Waals surface area contributed by atoms with Crippen molar-refractivity contribution in [3.05, 3.63) is 105 Å². The fraction of sp³-hybridized carbons (Fsp3) is 0.0417. The second kappa shape index (κ2) is 8.64. The second-order valence-corrected chi connectivity index (χ2v) is 8.14. The number of thiazole rings is 1. The van der Waals surface area contributed by atoms with Gasteiger partial charge in [-0.25, -0.2) is 9.67 Å². The average molecular weight is 455 g/mol. The van der Waals surface area contributed by atoms with Crippen molar-refractivity contribution in [2.45, 2.75) is 6.92 Å². The zero-order valence-corrected chi connectivity index (χ0v) is 18.4. The van der Waals surface area contributed by atoms with Crippen LogP contribution in [0.15, 0.2) is 88.5 Å². The maximum Gasteiger partial charge on any atom is 0.270 e. The summed E-state index contributed by atoms with van der Waals surface area (Å²) >= 11 is 1.40. The van der Waals surface area contributed by atoms with Gasteiger partial charge < -0.3 is 4.98 Å². The molecule has 0 radical (unpaired) electrons. The van der Waals surface area contributed by atoms with E-state index in [2.05, 4.69) is 9.97 Å². The minimum atomic E-state index is -0.403. The SMILES string of the molecule is Cc1[nH]c2ccccc2c1C=Nn1c(-c2cccc([N+](=O)[O-])c2)csc1=Nc1cccnc1. The minimum Gasteiger partial charge on any atom is -0.358 e. The van der Waals surface area contributed by atoms with Crippen LogP contribution in [-0.4, -0.2) is 25.8 Å². The van der Waals surface area contributed by atoms with E-state index in [1.165, 1.54) is 17.4 Å². The first-order valence-electron chi connectivity index (χ1n) is 10.1. The van der Waals surface area contributed by atoms with Crippen molar-refractivity contribution in [3.63, 3.8) is 0 Å². The van der Waals surface area contributed by atoms with Gasteiger partial charge >= 0.3 is 0 Å². The van der Waals surface area contributed by atoms with Gasteiger partial charge in [0.25, 0.3) is 5.69 Å². The van der Waals surface area contributed by atoms with E-state index in [0.717, 1.165) is 22.2 Å². The number of nitro groups is 1. The summed E-state index contributed by atoms with van der Waals surface area (Å²) < 4.78 is 1.71. The molecule has 0 bridgehead atoms. The van der Waals surface area contributed by atoms with Crippen molar-refractivity contribution < 1.29 is 4.92 Å². The Morgan fingerprint density at radius 3 is 2.85 bits per heavy atom. The summed E-state index contributed by atoms with van der Waals surface area (Å²) in [4.78, 5) is 23.7. The molecule has 0 saturated heterocycles. The zero-order valence-electron chi connectivity index (χ0n) is 17.5. The molecule has 1 N–H and O–H groups in total. The Balaban J connectivity index is 1.68. The molecule has 0 aliphatic rings. The number of aromatic nitrogens is 3. The van der Waals surface area contributed by atoms with Gasteiger partial charge in [0.15, 0.2) is 0 Å². The van der Waals surface area contributed by atoms with E-state index in [9.17, 15) is 10.1 Å². The van der Waals surface area contributed by atoms with Gasteiger partial charge in [-0.1, -0.05) is 30.3 Å². The van der Waals surface area contributed by atoms with Gasteiger partial charge in [0.1, 0.15) is 0 Å². The maximum atomic E-state index is 11.3. The van der Waals surface area contributed by atoms with Crippen LogP contribution in [0, 0.1) is 17.0 Å². The number of rotatable bonds is 5. The molecule has 0 atom stereocenters. The number of aromatic amines is 1. The first-order valence-corrected chi connectivity index (χ1v) is 11.0. The Bertz CT molecular complexity index is 1560. The Hall–Kier alpha value is -4.37. The van der Waals surface area contributed by atoms with Crippen LogP contribution in [0.4, 0.5) is 11.4 Å². The smallest absolute Gasteiger partial charge is 0.270 e. The van der Waals surface area contributed by atoms with Gasteiger partial charge in [-0.3, -0.25) is 15.1 Å². The highest BCUT2D eigenvalue weighted by Gasteiger charge is 2.13. The average Bonchev–Trinajstić information content (AvgIpc) is 3.38. The molecule has 0 saturated carbocycles. The minimum absolute atomic E-state index is 0.0208. The van der Waals surface area contributed by atoms with Crippen molar-refractivity contribution in [3.8, 4) is 11.3 Å². The summed E-state index contributed by atoms with van der Waals surface area (Å²) in [5.41, 5.74) is 5.11. The molecule has 0 amide bonds. The lowest BCUT2D eigenvalue weighted by Crippen LogP contribution is -2.11. The summed E-state index contributed by atoms with van der Waals surface area (Å²) in [6.45, 7) is 2.00. The fourth-order valence-electron chi connectivity index (χ4n) is 3.58. The predicted octanol–water partition coefficient (Wildman–Crippen LogP) is 5.42. The van der Waals surface area contributed by atoms with E-state index in [1.54, 1.807) is 35.4 Å². The van der Waals surface area contributed by atoms with E-state index in [-0.39, 0.29) is 5.69 Å². The quantitative estimate of drug-likeness (QED) is 0.218. The number of pyridine rings is 1. The molecule has 5 rings (SSSR count). The van der Waals surface area contributed by atoms with Crippen molar-refractivity contribution in [2.24, 2.45) is 10.1 Å². The molecular formula is C24H18N6O2S. The summed E-state index contributed by atoms with van der Waals surface area (Å²) in [5.74, 6) is 0. The van der Waals surface area contributed by atoms with Crippen molar-refractivity contribution in [1.29, 1.82) is 0 Å². The molecule has 0 aliphatic heterocycles. The van der Waals surface area contributed by atoms with E-state index < -0.39 is 4.92 Å². The van der Waals surface area contributed by atoms with Crippen molar-refractivity contribution in [2.75, 3.05) is 0 Å². The van der Waals surface area contributed by atoms with Crippen molar-refractivity contribution >= 4 is 39.8 Å². The fourth-order valence-corrected chi connectivity index (χ4v) is 4.43. The molecule has 2 aromatic carbocycles. The zero-order chi connectivity index (χ0) is 22.8. The third-order valence-electron chi connectivity index (χ3n) is 5.15. The van der Waals surface area contributed by atoms with Crippen LogP contribution < -0.4 is 4.80 Å². The van der Waals surface area contributed by atoms with Gasteiger partial charge in [0.05, 0.1) is 28.7 Å². The highest BCUT2D eigenvalue weighted by molar-refractivity contribution is 7.07. The van der Waals surface area contributed by atoms with Gasteiger partial charge in [-0.2, -0.15) is 5.10 Å². The Kier molecular flexibility index (Phi) is 5.37. The van der Waals surface area contributed by atoms with E-state index >= 15 is 0 Å². The van der Waals surface area contributed by atoms with Crippen LogP contribution in [-0.2, 0) is 0 Å². The summed E-state index contributed by atoms with van der Waals surface area (Å²) in [5, 5.41) is 19.0. The van der Waals surface area contributed by atoms with Crippen LogP contribution in [0.3, 0.4) is 0 Å². The predicted molar refractivity (Wildman–Crippen MR) is 130 cm³/mol. The first-order chi connectivity index (χ1) is 16.1. The molecule has 9 heteroatoms. The van der Waals surface area contributed by atoms with Gasteiger partial charge in [-0.15, -0.1) is 11.3 Å².